The number of carboxylic acid groups (broad SMARTS) is 1. The third-order valence-corrected chi connectivity index (χ3v) is 4.74. The molecule has 1 fully saturated rings. The van der Waals surface area contributed by atoms with Crippen LogP contribution in [0.15, 0.2) is 30.3 Å². The second-order valence-electron chi connectivity index (χ2n) is 8.22. The van der Waals surface area contributed by atoms with Gasteiger partial charge in [0, 0.05) is 19.1 Å². The van der Waals surface area contributed by atoms with Crippen molar-refractivity contribution in [3.8, 4) is 0 Å². The third kappa shape index (κ3) is 7.38. The van der Waals surface area contributed by atoms with Gasteiger partial charge < -0.3 is 25.4 Å². The molecule has 0 spiro atoms. The van der Waals surface area contributed by atoms with Gasteiger partial charge in [0.1, 0.15) is 5.60 Å². The fourth-order valence-corrected chi connectivity index (χ4v) is 3.52. The summed E-state index contributed by atoms with van der Waals surface area (Å²) >= 11 is 0. The van der Waals surface area contributed by atoms with Gasteiger partial charge in [-0.05, 0) is 58.6 Å². The van der Waals surface area contributed by atoms with Crippen LogP contribution in [0, 0.1) is 0 Å². The quantitative estimate of drug-likeness (QED) is 0.621. The van der Waals surface area contributed by atoms with Crippen molar-refractivity contribution < 1.29 is 19.4 Å². The fraction of sp³-hybridized carbons (Fsp3) is 0.619. The van der Waals surface area contributed by atoms with Crippen LogP contribution in [0.25, 0.3) is 0 Å². The second kappa shape index (κ2) is 10.3. The highest BCUT2D eigenvalue weighted by atomic mass is 16.6. The zero-order chi connectivity index (χ0) is 20.6. The Labute approximate surface area is 167 Å². The van der Waals surface area contributed by atoms with E-state index in [1.807, 2.05) is 51.1 Å². The number of piperidine rings is 1. The molecule has 0 aromatic heterocycles. The van der Waals surface area contributed by atoms with Crippen LogP contribution in [0.4, 0.5) is 9.59 Å². The lowest BCUT2D eigenvalue weighted by Gasteiger charge is -2.40. The van der Waals surface area contributed by atoms with Crippen LogP contribution in [-0.4, -0.2) is 59.5 Å². The lowest BCUT2D eigenvalue weighted by molar-refractivity contribution is 0.0526. The highest BCUT2D eigenvalue weighted by Gasteiger charge is 2.34. The summed E-state index contributed by atoms with van der Waals surface area (Å²) in [4.78, 5) is 24.9. The fourth-order valence-electron chi connectivity index (χ4n) is 3.52. The van der Waals surface area contributed by atoms with Gasteiger partial charge in [0.15, 0.2) is 0 Å². The third-order valence-electron chi connectivity index (χ3n) is 4.74. The Hall–Kier alpha value is -2.28. The number of nitrogens with one attached hydrogen (secondary N) is 2. The molecule has 1 aliphatic rings. The molecule has 7 heteroatoms. The van der Waals surface area contributed by atoms with E-state index >= 15 is 0 Å². The van der Waals surface area contributed by atoms with Crippen molar-refractivity contribution >= 4 is 12.2 Å². The van der Waals surface area contributed by atoms with Gasteiger partial charge in [-0.2, -0.15) is 0 Å². The smallest absolute Gasteiger partial charge is 0.407 e. The molecule has 0 saturated carbocycles. The predicted octanol–water partition coefficient (Wildman–Crippen LogP) is 3.24. The summed E-state index contributed by atoms with van der Waals surface area (Å²) in [6.45, 7) is 7.29. The first-order valence-corrected chi connectivity index (χ1v) is 10.00. The Morgan fingerprint density at radius 2 is 1.93 bits per heavy atom. The van der Waals surface area contributed by atoms with Gasteiger partial charge in [-0.1, -0.05) is 30.3 Å². The lowest BCUT2D eigenvalue weighted by atomic mass is 9.91. The topological polar surface area (TPSA) is 90.9 Å². The van der Waals surface area contributed by atoms with Crippen molar-refractivity contribution in [2.45, 2.75) is 64.1 Å². The summed E-state index contributed by atoms with van der Waals surface area (Å²) in [5.41, 5.74) is 0.633. The maximum Gasteiger partial charge on any atom is 0.407 e. The number of rotatable bonds is 7. The molecule has 3 N–H and O–H groups in total. The Morgan fingerprint density at radius 3 is 2.57 bits per heavy atom. The number of hydrogen-bond acceptors (Lipinski definition) is 4. The number of amides is 2. The first-order chi connectivity index (χ1) is 13.3. The van der Waals surface area contributed by atoms with Crippen molar-refractivity contribution in [1.82, 2.24) is 15.5 Å². The summed E-state index contributed by atoms with van der Waals surface area (Å²) in [7, 11) is 0. The van der Waals surface area contributed by atoms with Crippen LogP contribution in [0.2, 0.25) is 0 Å². The Bertz CT molecular complexity index is 630. The number of likely N-dealkylation sites (tertiary alicyclic amines) is 1. The van der Waals surface area contributed by atoms with Gasteiger partial charge in [0.2, 0.25) is 0 Å². The van der Waals surface area contributed by atoms with Crippen LogP contribution in [0.5, 0.6) is 0 Å². The molecule has 0 bridgehead atoms. The van der Waals surface area contributed by atoms with E-state index in [0.29, 0.717) is 26.1 Å². The van der Waals surface area contributed by atoms with Crippen LogP contribution < -0.4 is 10.6 Å². The molecule has 1 heterocycles. The molecule has 28 heavy (non-hydrogen) atoms. The van der Waals surface area contributed by atoms with Crippen LogP contribution in [0.3, 0.4) is 0 Å². The van der Waals surface area contributed by atoms with Crippen LogP contribution in [-0.2, 0) is 11.2 Å². The molecule has 2 amide bonds. The van der Waals surface area contributed by atoms with E-state index in [-0.39, 0.29) is 12.1 Å². The monoisotopic (exact) mass is 391 g/mol. The van der Waals surface area contributed by atoms with Crippen molar-refractivity contribution in [2.75, 3.05) is 19.6 Å². The zero-order valence-electron chi connectivity index (χ0n) is 17.1. The molecule has 1 aliphatic heterocycles. The molecule has 2 atom stereocenters. The first kappa shape index (κ1) is 22.0. The molecule has 0 radical (unpaired) electrons. The lowest BCUT2D eigenvalue weighted by Crippen LogP contribution is -2.56. The van der Waals surface area contributed by atoms with Gasteiger partial charge in [-0.3, -0.25) is 0 Å². The van der Waals surface area contributed by atoms with Crippen LogP contribution >= 0.6 is 0 Å². The molecular weight excluding hydrogens is 358 g/mol. The standard InChI is InChI=1S/C21H33N3O4/c1-21(2,3)28-19(25)23-13-8-12-22-17-11-7-14-24(20(26)27)18(17)15-16-9-5-4-6-10-16/h4-6,9-10,17-18,22H,7-8,11-15H2,1-3H3,(H,23,25)(H,26,27). The minimum absolute atomic E-state index is 0.0903. The van der Waals surface area contributed by atoms with E-state index < -0.39 is 17.8 Å². The van der Waals surface area contributed by atoms with Gasteiger partial charge in [0.25, 0.3) is 0 Å². The number of ether oxygens (including phenoxy) is 1. The van der Waals surface area contributed by atoms with E-state index in [4.69, 9.17) is 4.74 Å². The number of carbonyl (C=O) groups is 2. The Balaban J connectivity index is 1.83. The van der Waals surface area contributed by atoms with E-state index in [1.54, 1.807) is 4.90 Å². The van der Waals surface area contributed by atoms with E-state index in [0.717, 1.165) is 24.8 Å². The largest absolute Gasteiger partial charge is 0.465 e. The maximum atomic E-state index is 11.7. The molecule has 1 saturated heterocycles. The van der Waals surface area contributed by atoms with Crippen molar-refractivity contribution in [3.05, 3.63) is 35.9 Å². The highest BCUT2D eigenvalue weighted by Crippen LogP contribution is 2.22. The number of nitrogens with zero attached hydrogens (tertiary/aromatic N) is 1. The summed E-state index contributed by atoms with van der Waals surface area (Å²) in [6, 6.07) is 10.0. The molecule has 1 aromatic rings. The molecule has 2 unspecified atom stereocenters. The summed E-state index contributed by atoms with van der Waals surface area (Å²) in [5, 5.41) is 15.9. The highest BCUT2D eigenvalue weighted by molar-refractivity contribution is 5.67. The van der Waals surface area contributed by atoms with E-state index in [1.165, 1.54) is 0 Å². The Kier molecular flexibility index (Phi) is 8.11. The SMILES string of the molecule is CC(C)(C)OC(=O)NCCCNC1CCCN(C(=O)O)C1Cc1ccccc1. The summed E-state index contributed by atoms with van der Waals surface area (Å²) in [5.74, 6) is 0. The minimum Gasteiger partial charge on any atom is -0.465 e. The van der Waals surface area contributed by atoms with Gasteiger partial charge in [0.05, 0.1) is 6.04 Å². The molecule has 2 rings (SSSR count). The molecular formula is C21H33N3O4. The van der Waals surface area contributed by atoms with Crippen molar-refractivity contribution in [2.24, 2.45) is 0 Å². The number of carbonyl (C=O) groups excluding carboxylic acids is 1. The zero-order valence-corrected chi connectivity index (χ0v) is 17.1. The van der Waals surface area contributed by atoms with Gasteiger partial charge in [-0.25, -0.2) is 9.59 Å². The van der Waals surface area contributed by atoms with Crippen molar-refractivity contribution in [3.63, 3.8) is 0 Å². The van der Waals surface area contributed by atoms with E-state index in [2.05, 4.69) is 10.6 Å². The summed E-state index contributed by atoms with van der Waals surface area (Å²) in [6.07, 6.45) is 1.97. The average Bonchev–Trinajstić information content (AvgIpc) is 2.61. The predicted molar refractivity (Wildman–Crippen MR) is 109 cm³/mol. The molecule has 0 aliphatic carbocycles. The van der Waals surface area contributed by atoms with Crippen molar-refractivity contribution in [1.29, 1.82) is 0 Å². The maximum absolute atomic E-state index is 11.7. The molecule has 156 valence electrons. The van der Waals surface area contributed by atoms with Gasteiger partial charge in [-0.15, -0.1) is 0 Å². The average molecular weight is 392 g/mol. The molecule has 7 nitrogen and oxygen atoms in total. The normalized spacial score (nSPS) is 19.9. The van der Waals surface area contributed by atoms with Crippen LogP contribution in [0.1, 0.15) is 45.6 Å². The molecule has 1 aromatic carbocycles. The number of benzene rings is 1. The first-order valence-electron chi connectivity index (χ1n) is 10.00. The summed E-state index contributed by atoms with van der Waals surface area (Å²) < 4.78 is 5.22. The minimum atomic E-state index is -0.862. The van der Waals surface area contributed by atoms with Gasteiger partial charge >= 0.3 is 12.2 Å². The number of hydrogen-bond donors (Lipinski definition) is 3. The van der Waals surface area contributed by atoms with E-state index in [9.17, 15) is 14.7 Å². The Morgan fingerprint density at radius 1 is 1.21 bits per heavy atom. The second-order valence-corrected chi connectivity index (χ2v) is 8.22. The number of alkyl carbamates (subject to hydrolysis) is 1.